The van der Waals surface area contributed by atoms with Crippen LogP contribution in [0.1, 0.15) is 25.1 Å². The first-order chi connectivity index (χ1) is 7.04. The Morgan fingerprint density at radius 1 is 1.60 bits per heavy atom. The third-order valence-electron chi connectivity index (χ3n) is 2.43. The number of carbonyl (C=O) groups is 1. The molecule has 4 heteroatoms. The quantitative estimate of drug-likeness (QED) is 0.831. The van der Waals surface area contributed by atoms with Gasteiger partial charge >= 0.3 is 0 Å². The van der Waals surface area contributed by atoms with Crippen LogP contribution in [0.2, 0.25) is 0 Å². The highest BCUT2D eigenvalue weighted by atomic mass is 79.9. The summed E-state index contributed by atoms with van der Waals surface area (Å²) in [6, 6.07) is 4.07. The molecule has 1 aromatic heterocycles. The lowest BCUT2D eigenvalue weighted by molar-refractivity contribution is -0.134. The van der Waals surface area contributed by atoms with Gasteiger partial charge in [-0.1, -0.05) is 13.8 Å². The maximum absolute atomic E-state index is 11.8. The molecule has 0 spiro atoms. The predicted molar refractivity (Wildman–Crippen MR) is 67.9 cm³/mol. The lowest BCUT2D eigenvalue weighted by Crippen LogP contribution is -2.30. The molecule has 0 saturated carbocycles. The van der Waals surface area contributed by atoms with Crippen molar-refractivity contribution in [2.75, 3.05) is 7.05 Å². The van der Waals surface area contributed by atoms with E-state index in [1.165, 1.54) is 4.88 Å². The van der Waals surface area contributed by atoms with Crippen LogP contribution in [0.4, 0.5) is 0 Å². The molecule has 1 unspecified atom stereocenters. The molecule has 2 nitrogen and oxygen atoms in total. The third kappa shape index (κ3) is 3.61. The number of nitrogens with zero attached hydrogens (tertiary/aromatic N) is 1. The molecule has 1 heterocycles. The van der Waals surface area contributed by atoms with Gasteiger partial charge in [0.25, 0.3) is 0 Å². The van der Waals surface area contributed by atoms with Gasteiger partial charge in [0, 0.05) is 17.8 Å². The number of carbonyl (C=O) groups excluding carboxylic acids is 1. The predicted octanol–water partition coefficient (Wildman–Crippen LogP) is 3.52. The first kappa shape index (κ1) is 12.7. The molecule has 0 aliphatic carbocycles. The summed E-state index contributed by atoms with van der Waals surface area (Å²) in [4.78, 5) is 14.8. The smallest absolute Gasteiger partial charge is 0.225 e. The summed E-state index contributed by atoms with van der Waals surface area (Å²) in [5.74, 6) is 0.348. The number of rotatable bonds is 4. The maximum Gasteiger partial charge on any atom is 0.225 e. The molecule has 0 aliphatic heterocycles. The molecule has 1 aromatic rings. The van der Waals surface area contributed by atoms with E-state index in [9.17, 15) is 4.79 Å². The van der Waals surface area contributed by atoms with Crippen molar-refractivity contribution in [3.05, 3.63) is 20.8 Å². The van der Waals surface area contributed by atoms with E-state index in [0.717, 1.165) is 10.2 Å². The summed E-state index contributed by atoms with van der Waals surface area (Å²) in [5.41, 5.74) is 0. The van der Waals surface area contributed by atoms with Gasteiger partial charge in [0.2, 0.25) is 5.91 Å². The van der Waals surface area contributed by atoms with E-state index in [4.69, 9.17) is 0 Å². The second-order valence-electron chi connectivity index (χ2n) is 3.71. The van der Waals surface area contributed by atoms with E-state index in [1.807, 2.05) is 27.0 Å². The van der Waals surface area contributed by atoms with Crippen molar-refractivity contribution >= 4 is 33.2 Å². The minimum absolute atomic E-state index is 0.124. The van der Waals surface area contributed by atoms with Crippen molar-refractivity contribution in [1.29, 1.82) is 0 Å². The first-order valence-electron chi connectivity index (χ1n) is 5.03. The molecule has 0 N–H and O–H groups in total. The molecule has 0 radical (unpaired) electrons. The number of amides is 1. The van der Waals surface area contributed by atoms with Crippen LogP contribution in [-0.2, 0) is 11.3 Å². The molecule has 1 rings (SSSR count). The molecular formula is C11H16BrNOS. The Labute approximate surface area is 103 Å². The summed E-state index contributed by atoms with van der Waals surface area (Å²) < 4.78 is 1.11. The van der Waals surface area contributed by atoms with Crippen molar-refractivity contribution < 1.29 is 4.79 Å². The fraction of sp³-hybridized carbons (Fsp3) is 0.545. The van der Waals surface area contributed by atoms with Gasteiger partial charge in [0.1, 0.15) is 0 Å². The van der Waals surface area contributed by atoms with Gasteiger partial charge in [-0.25, -0.2) is 0 Å². The zero-order valence-electron chi connectivity index (χ0n) is 9.29. The summed E-state index contributed by atoms with van der Waals surface area (Å²) >= 11 is 5.09. The Balaban J connectivity index is 2.55. The highest BCUT2D eigenvalue weighted by Gasteiger charge is 2.16. The van der Waals surface area contributed by atoms with Gasteiger partial charge in [-0.2, -0.15) is 0 Å². The molecular weight excluding hydrogens is 274 g/mol. The SMILES string of the molecule is CCC(C)C(=O)N(C)Cc1ccc(Br)s1. The van der Waals surface area contributed by atoms with E-state index in [2.05, 4.69) is 22.0 Å². The van der Waals surface area contributed by atoms with Crippen LogP contribution in [-0.4, -0.2) is 17.9 Å². The van der Waals surface area contributed by atoms with Crippen LogP contribution >= 0.6 is 27.3 Å². The van der Waals surface area contributed by atoms with Crippen LogP contribution in [0.5, 0.6) is 0 Å². The number of hydrogen-bond acceptors (Lipinski definition) is 2. The number of hydrogen-bond donors (Lipinski definition) is 0. The van der Waals surface area contributed by atoms with Gasteiger partial charge in [0.05, 0.1) is 10.3 Å². The van der Waals surface area contributed by atoms with Crippen LogP contribution in [0.3, 0.4) is 0 Å². The first-order valence-corrected chi connectivity index (χ1v) is 6.64. The van der Waals surface area contributed by atoms with Crippen LogP contribution in [0.25, 0.3) is 0 Å². The molecule has 1 atom stereocenters. The van der Waals surface area contributed by atoms with E-state index < -0.39 is 0 Å². The van der Waals surface area contributed by atoms with Gasteiger partial charge in [-0.3, -0.25) is 4.79 Å². The van der Waals surface area contributed by atoms with Crippen molar-refractivity contribution in [3.63, 3.8) is 0 Å². The molecule has 0 fully saturated rings. The largest absolute Gasteiger partial charge is 0.340 e. The minimum atomic E-state index is 0.124. The number of thiophene rings is 1. The number of halogens is 1. The molecule has 1 amide bonds. The van der Waals surface area contributed by atoms with Crippen molar-refractivity contribution in [3.8, 4) is 0 Å². The maximum atomic E-state index is 11.8. The van der Waals surface area contributed by atoms with E-state index in [1.54, 1.807) is 16.2 Å². The van der Waals surface area contributed by atoms with Gasteiger partial charge in [-0.15, -0.1) is 11.3 Å². The Hall–Kier alpha value is -0.350. The zero-order chi connectivity index (χ0) is 11.4. The fourth-order valence-corrected chi connectivity index (χ4v) is 2.84. The Morgan fingerprint density at radius 2 is 2.27 bits per heavy atom. The summed E-state index contributed by atoms with van der Waals surface area (Å²) in [5, 5.41) is 0. The average Bonchev–Trinajstić information content (AvgIpc) is 2.61. The van der Waals surface area contributed by atoms with Gasteiger partial charge in [0.15, 0.2) is 0 Å². The Kier molecular flexibility index (Phi) is 4.80. The second-order valence-corrected chi connectivity index (χ2v) is 6.26. The van der Waals surface area contributed by atoms with Crippen molar-refractivity contribution in [2.45, 2.75) is 26.8 Å². The van der Waals surface area contributed by atoms with Crippen molar-refractivity contribution in [2.24, 2.45) is 5.92 Å². The molecule has 0 aliphatic rings. The molecule has 84 valence electrons. The topological polar surface area (TPSA) is 20.3 Å². The van der Waals surface area contributed by atoms with E-state index in [0.29, 0.717) is 6.54 Å². The summed E-state index contributed by atoms with van der Waals surface area (Å²) in [6.07, 6.45) is 0.900. The monoisotopic (exact) mass is 289 g/mol. The Morgan fingerprint density at radius 3 is 2.73 bits per heavy atom. The second kappa shape index (κ2) is 5.66. The lowest BCUT2D eigenvalue weighted by atomic mass is 10.1. The average molecular weight is 290 g/mol. The summed E-state index contributed by atoms with van der Waals surface area (Å²) in [6.45, 7) is 4.72. The van der Waals surface area contributed by atoms with Crippen molar-refractivity contribution in [1.82, 2.24) is 4.90 Å². The van der Waals surface area contributed by atoms with Gasteiger partial charge in [-0.05, 0) is 34.5 Å². The normalized spacial score (nSPS) is 12.5. The Bertz CT molecular complexity index is 337. The zero-order valence-corrected chi connectivity index (χ0v) is 11.7. The van der Waals surface area contributed by atoms with E-state index >= 15 is 0 Å². The standard InChI is InChI=1S/C11H16BrNOS/c1-4-8(2)11(14)13(3)7-9-5-6-10(12)15-9/h5-6,8H,4,7H2,1-3H3. The third-order valence-corrected chi connectivity index (χ3v) is 4.04. The van der Waals surface area contributed by atoms with Gasteiger partial charge < -0.3 is 4.90 Å². The highest BCUT2D eigenvalue weighted by molar-refractivity contribution is 9.11. The molecule has 0 aromatic carbocycles. The van der Waals surface area contributed by atoms with Crippen LogP contribution < -0.4 is 0 Å². The molecule has 15 heavy (non-hydrogen) atoms. The molecule has 0 bridgehead atoms. The fourth-order valence-electron chi connectivity index (χ4n) is 1.30. The summed E-state index contributed by atoms with van der Waals surface area (Å²) in [7, 11) is 1.86. The highest BCUT2D eigenvalue weighted by Crippen LogP contribution is 2.23. The lowest BCUT2D eigenvalue weighted by Gasteiger charge is -2.19. The minimum Gasteiger partial charge on any atom is -0.340 e. The van der Waals surface area contributed by atoms with Crippen LogP contribution in [0.15, 0.2) is 15.9 Å². The molecule has 0 saturated heterocycles. The van der Waals surface area contributed by atoms with E-state index in [-0.39, 0.29) is 11.8 Å². The van der Waals surface area contributed by atoms with Crippen LogP contribution in [0, 0.1) is 5.92 Å².